The number of ether oxygens (including phenoxy) is 3. The van der Waals surface area contributed by atoms with E-state index in [1.54, 1.807) is 5.38 Å². The number of benzene rings is 1. The van der Waals surface area contributed by atoms with Crippen LogP contribution in [0.4, 0.5) is 0 Å². The molecule has 2 N–H and O–H groups in total. The number of carbonyl (C=O) groups excluding carboxylic acids is 1. The first-order valence-corrected chi connectivity index (χ1v) is 10.2. The molecule has 150 valence electrons. The summed E-state index contributed by atoms with van der Waals surface area (Å²) in [6.07, 6.45) is 0.570. The highest BCUT2D eigenvalue weighted by molar-refractivity contribution is 7.13. The molecular formula is C20H24N2O5S. The molecule has 7 nitrogen and oxygen atoms in total. The lowest BCUT2D eigenvalue weighted by atomic mass is 9.74. The molecule has 2 aromatic rings. The highest BCUT2D eigenvalue weighted by Crippen LogP contribution is 2.37. The van der Waals surface area contributed by atoms with Gasteiger partial charge in [0.2, 0.25) is 0 Å². The van der Waals surface area contributed by atoms with Gasteiger partial charge in [-0.1, -0.05) is 13.8 Å². The van der Waals surface area contributed by atoms with Crippen molar-refractivity contribution in [1.82, 2.24) is 10.3 Å². The van der Waals surface area contributed by atoms with Gasteiger partial charge in [0.05, 0.1) is 12.2 Å². The van der Waals surface area contributed by atoms with E-state index in [9.17, 15) is 9.90 Å². The van der Waals surface area contributed by atoms with E-state index in [1.807, 2.05) is 32.0 Å². The van der Waals surface area contributed by atoms with Crippen LogP contribution in [-0.4, -0.2) is 54.6 Å². The molecule has 0 saturated carbocycles. The molecule has 1 unspecified atom stereocenters. The third kappa shape index (κ3) is 3.59. The van der Waals surface area contributed by atoms with Gasteiger partial charge in [0.25, 0.3) is 5.91 Å². The Morgan fingerprint density at radius 2 is 2.07 bits per heavy atom. The molecule has 1 amide bonds. The van der Waals surface area contributed by atoms with E-state index in [-0.39, 0.29) is 5.91 Å². The van der Waals surface area contributed by atoms with Gasteiger partial charge in [-0.05, 0) is 18.2 Å². The highest BCUT2D eigenvalue weighted by atomic mass is 32.1. The number of carbonyl (C=O) groups is 1. The molecule has 4 rings (SSSR count). The number of fused-ring (bicyclic) bond motifs is 1. The second-order valence-corrected chi connectivity index (χ2v) is 8.66. The molecule has 0 radical (unpaired) electrons. The summed E-state index contributed by atoms with van der Waals surface area (Å²) >= 11 is 1.40. The first kappa shape index (κ1) is 19.2. The fourth-order valence-corrected chi connectivity index (χ4v) is 4.13. The van der Waals surface area contributed by atoms with Crippen LogP contribution in [0.15, 0.2) is 23.6 Å². The van der Waals surface area contributed by atoms with Gasteiger partial charge in [0, 0.05) is 35.9 Å². The molecule has 3 heterocycles. The second kappa shape index (κ2) is 7.35. The van der Waals surface area contributed by atoms with Gasteiger partial charge in [-0.15, -0.1) is 11.3 Å². The minimum Gasteiger partial charge on any atom is -0.486 e. The lowest BCUT2D eigenvalue weighted by Gasteiger charge is -2.38. The maximum atomic E-state index is 12.6. The van der Waals surface area contributed by atoms with E-state index in [2.05, 4.69) is 10.3 Å². The van der Waals surface area contributed by atoms with Crippen LogP contribution in [0.5, 0.6) is 11.5 Å². The van der Waals surface area contributed by atoms with Gasteiger partial charge in [-0.2, -0.15) is 0 Å². The van der Waals surface area contributed by atoms with Crippen molar-refractivity contribution in [1.29, 1.82) is 0 Å². The molecule has 1 fully saturated rings. The van der Waals surface area contributed by atoms with Gasteiger partial charge < -0.3 is 24.6 Å². The Balaban J connectivity index is 1.43. The van der Waals surface area contributed by atoms with Crippen LogP contribution in [0.25, 0.3) is 10.6 Å². The van der Waals surface area contributed by atoms with E-state index < -0.39 is 11.0 Å². The topological polar surface area (TPSA) is 89.9 Å². The number of aromatic nitrogens is 1. The molecule has 2 aliphatic heterocycles. The van der Waals surface area contributed by atoms with Gasteiger partial charge in [-0.25, -0.2) is 4.98 Å². The lowest BCUT2D eigenvalue weighted by molar-refractivity contribution is -0.0675. The fraction of sp³-hybridized carbons (Fsp3) is 0.500. The number of nitrogens with zero attached hydrogens (tertiary/aromatic N) is 1. The average Bonchev–Trinajstić information content (AvgIpc) is 3.36. The molecule has 1 saturated heterocycles. The number of aliphatic hydroxyl groups is 1. The van der Waals surface area contributed by atoms with Gasteiger partial charge in [0.1, 0.15) is 23.9 Å². The molecule has 1 aromatic carbocycles. The molecule has 1 atom stereocenters. The predicted molar refractivity (Wildman–Crippen MR) is 105 cm³/mol. The Bertz CT molecular complexity index is 873. The predicted octanol–water partition coefficient (Wildman–Crippen LogP) is 2.49. The maximum Gasteiger partial charge on any atom is 0.270 e. The smallest absolute Gasteiger partial charge is 0.270 e. The van der Waals surface area contributed by atoms with Crippen LogP contribution in [0, 0.1) is 5.41 Å². The van der Waals surface area contributed by atoms with Crippen molar-refractivity contribution in [2.24, 2.45) is 5.41 Å². The summed E-state index contributed by atoms with van der Waals surface area (Å²) < 4.78 is 16.5. The van der Waals surface area contributed by atoms with Gasteiger partial charge in [-0.3, -0.25) is 4.79 Å². The number of hydrogen-bond acceptors (Lipinski definition) is 7. The van der Waals surface area contributed by atoms with E-state index in [1.165, 1.54) is 11.3 Å². The Labute approximate surface area is 167 Å². The first-order valence-electron chi connectivity index (χ1n) is 9.32. The monoisotopic (exact) mass is 404 g/mol. The quantitative estimate of drug-likeness (QED) is 0.796. The van der Waals surface area contributed by atoms with Crippen molar-refractivity contribution in [3.05, 3.63) is 29.3 Å². The van der Waals surface area contributed by atoms with Gasteiger partial charge >= 0.3 is 0 Å². The molecule has 0 aliphatic carbocycles. The first-order chi connectivity index (χ1) is 13.4. The van der Waals surface area contributed by atoms with Gasteiger partial charge in [0.15, 0.2) is 11.5 Å². The fourth-order valence-electron chi connectivity index (χ4n) is 3.33. The summed E-state index contributed by atoms with van der Waals surface area (Å²) in [5, 5.41) is 16.1. The molecular weight excluding hydrogens is 380 g/mol. The summed E-state index contributed by atoms with van der Waals surface area (Å²) in [5.41, 5.74) is -0.196. The van der Waals surface area contributed by atoms with Crippen LogP contribution in [0.2, 0.25) is 0 Å². The summed E-state index contributed by atoms with van der Waals surface area (Å²) in [6, 6.07) is 5.65. The van der Waals surface area contributed by atoms with E-state index in [4.69, 9.17) is 14.2 Å². The van der Waals surface area contributed by atoms with E-state index >= 15 is 0 Å². The van der Waals surface area contributed by atoms with Crippen molar-refractivity contribution in [3.63, 3.8) is 0 Å². The summed E-state index contributed by atoms with van der Waals surface area (Å²) in [7, 11) is 0. The third-order valence-corrected chi connectivity index (χ3v) is 6.37. The Morgan fingerprint density at radius 1 is 1.29 bits per heavy atom. The minimum absolute atomic E-state index is 0.254. The zero-order chi connectivity index (χ0) is 19.8. The number of nitrogens with one attached hydrogen (secondary N) is 1. The SMILES string of the molecule is CC(C)(CNC(=O)c1csc(-c2ccc3c(c2)OCCO3)n1)C1(O)CCOC1. The zero-order valence-corrected chi connectivity index (χ0v) is 16.8. The highest BCUT2D eigenvalue weighted by Gasteiger charge is 2.46. The summed E-state index contributed by atoms with van der Waals surface area (Å²) in [5.74, 6) is 1.16. The number of amides is 1. The third-order valence-electron chi connectivity index (χ3n) is 5.48. The van der Waals surface area contributed by atoms with E-state index in [0.717, 1.165) is 16.3 Å². The van der Waals surface area contributed by atoms with E-state index in [0.29, 0.717) is 50.8 Å². The van der Waals surface area contributed by atoms with Crippen LogP contribution < -0.4 is 14.8 Å². The maximum absolute atomic E-state index is 12.6. The Morgan fingerprint density at radius 3 is 2.82 bits per heavy atom. The van der Waals surface area contributed by atoms with Crippen LogP contribution >= 0.6 is 11.3 Å². The number of thiazole rings is 1. The normalized spacial score (nSPS) is 21.5. The van der Waals surface area contributed by atoms with Crippen molar-refractivity contribution in [3.8, 4) is 22.1 Å². The molecule has 0 bridgehead atoms. The molecule has 2 aliphatic rings. The van der Waals surface area contributed by atoms with Crippen LogP contribution in [-0.2, 0) is 4.74 Å². The summed E-state index contributed by atoms with van der Waals surface area (Å²) in [6.45, 7) is 6.11. The lowest BCUT2D eigenvalue weighted by Crippen LogP contribution is -2.51. The van der Waals surface area contributed by atoms with Crippen LogP contribution in [0.1, 0.15) is 30.8 Å². The molecule has 1 aromatic heterocycles. The second-order valence-electron chi connectivity index (χ2n) is 7.80. The van der Waals surface area contributed by atoms with Crippen molar-refractivity contribution < 1.29 is 24.1 Å². The molecule has 8 heteroatoms. The Kier molecular flexibility index (Phi) is 5.03. The minimum atomic E-state index is -0.932. The number of rotatable bonds is 5. The largest absolute Gasteiger partial charge is 0.486 e. The van der Waals surface area contributed by atoms with Crippen LogP contribution in [0.3, 0.4) is 0 Å². The summed E-state index contributed by atoms with van der Waals surface area (Å²) in [4.78, 5) is 17.0. The Hall–Kier alpha value is -2.16. The standard InChI is InChI=1S/C20H24N2O5S/c1-19(2,20(24)5-6-25-12-20)11-21-17(23)14-10-28-18(22-14)13-3-4-15-16(9-13)27-8-7-26-15/h3-4,9-10,24H,5-8,11-12H2,1-2H3,(H,21,23). The average molecular weight is 404 g/mol. The van der Waals surface area contributed by atoms with Crippen molar-refractivity contribution in [2.45, 2.75) is 25.9 Å². The zero-order valence-electron chi connectivity index (χ0n) is 16.0. The molecule has 0 spiro atoms. The van der Waals surface area contributed by atoms with Crippen molar-refractivity contribution >= 4 is 17.2 Å². The molecule has 28 heavy (non-hydrogen) atoms. The van der Waals surface area contributed by atoms with Crippen molar-refractivity contribution in [2.75, 3.05) is 33.0 Å². The number of hydrogen-bond donors (Lipinski definition) is 2.